The molecule has 0 heterocycles. The molecular weight excluding hydrogens is 272 g/mol. The molecular formula is C16H15ClN2O. The lowest BCUT2D eigenvalue weighted by atomic mass is 10.1. The van der Waals surface area contributed by atoms with Gasteiger partial charge >= 0.3 is 0 Å². The van der Waals surface area contributed by atoms with Crippen LogP contribution in [0.4, 0.5) is 5.69 Å². The summed E-state index contributed by atoms with van der Waals surface area (Å²) in [6, 6.07) is 17.0. The number of hydrogen-bond donors (Lipinski definition) is 2. The quantitative estimate of drug-likeness (QED) is 0.887. The third-order valence-electron chi connectivity index (χ3n) is 3.01. The largest absolute Gasteiger partial charge is 0.394 e. The highest BCUT2D eigenvalue weighted by molar-refractivity contribution is 6.30. The number of aliphatic hydroxyl groups is 1. The van der Waals surface area contributed by atoms with E-state index < -0.39 is 0 Å². The summed E-state index contributed by atoms with van der Waals surface area (Å²) in [5.74, 6) is 0. The van der Waals surface area contributed by atoms with E-state index in [2.05, 4.69) is 11.4 Å². The van der Waals surface area contributed by atoms with Crippen molar-refractivity contribution in [2.24, 2.45) is 0 Å². The van der Waals surface area contributed by atoms with Gasteiger partial charge in [-0.3, -0.25) is 0 Å². The molecule has 0 saturated carbocycles. The van der Waals surface area contributed by atoms with Crippen molar-refractivity contribution in [3.63, 3.8) is 0 Å². The first kappa shape index (κ1) is 14.4. The molecule has 2 N–H and O–H groups in total. The van der Waals surface area contributed by atoms with Gasteiger partial charge in [-0.15, -0.1) is 0 Å². The van der Waals surface area contributed by atoms with E-state index in [9.17, 15) is 5.11 Å². The summed E-state index contributed by atoms with van der Waals surface area (Å²) in [4.78, 5) is 0. The van der Waals surface area contributed by atoms with Gasteiger partial charge in [0.1, 0.15) is 6.07 Å². The van der Waals surface area contributed by atoms with Crippen LogP contribution in [0.2, 0.25) is 5.02 Å². The maximum Gasteiger partial charge on any atom is 0.101 e. The van der Waals surface area contributed by atoms with Crippen LogP contribution in [0.5, 0.6) is 0 Å². The number of rotatable bonds is 5. The van der Waals surface area contributed by atoms with Gasteiger partial charge in [-0.2, -0.15) is 5.26 Å². The highest BCUT2D eigenvalue weighted by atomic mass is 35.5. The summed E-state index contributed by atoms with van der Waals surface area (Å²) in [6.07, 6.45) is 0.685. The Balaban J connectivity index is 2.13. The average molecular weight is 287 g/mol. The molecule has 1 unspecified atom stereocenters. The Labute approximate surface area is 123 Å². The molecule has 0 amide bonds. The molecule has 0 aliphatic rings. The average Bonchev–Trinajstić information content (AvgIpc) is 2.49. The molecule has 2 aromatic carbocycles. The summed E-state index contributed by atoms with van der Waals surface area (Å²) in [5.41, 5.74) is 2.29. The van der Waals surface area contributed by atoms with Crippen LogP contribution in [-0.2, 0) is 6.42 Å². The molecule has 0 aromatic heterocycles. The second-order valence-corrected chi connectivity index (χ2v) is 4.95. The highest BCUT2D eigenvalue weighted by Crippen LogP contribution is 2.21. The van der Waals surface area contributed by atoms with Gasteiger partial charge < -0.3 is 10.4 Å². The minimum Gasteiger partial charge on any atom is -0.394 e. The number of anilines is 1. The van der Waals surface area contributed by atoms with Crippen molar-refractivity contribution in [2.45, 2.75) is 12.5 Å². The molecule has 20 heavy (non-hydrogen) atoms. The fourth-order valence-corrected chi connectivity index (χ4v) is 2.19. The molecule has 1 atom stereocenters. The topological polar surface area (TPSA) is 56.0 Å². The van der Waals surface area contributed by atoms with Crippen LogP contribution in [0.3, 0.4) is 0 Å². The van der Waals surface area contributed by atoms with E-state index in [0.29, 0.717) is 22.7 Å². The Kier molecular flexibility index (Phi) is 5.00. The monoisotopic (exact) mass is 286 g/mol. The molecule has 4 heteroatoms. The second kappa shape index (κ2) is 6.95. The Hall–Kier alpha value is -2.02. The third kappa shape index (κ3) is 3.74. The Bertz CT molecular complexity index is 608. The first-order chi connectivity index (χ1) is 9.72. The molecule has 2 aromatic rings. The summed E-state index contributed by atoms with van der Waals surface area (Å²) in [6.45, 7) is -0.0115. The summed E-state index contributed by atoms with van der Waals surface area (Å²) >= 11 is 5.87. The van der Waals surface area contributed by atoms with Crippen LogP contribution < -0.4 is 5.32 Å². The number of hydrogen-bond acceptors (Lipinski definition) is 3. The molecule has 3 nitrogen and oxygen atoms in total. The predicted octanol–water partition coefficient (Wildman–Crippen LogP) is 3.23. The second-order valence-electron chi connectivity index (χ2n) is 4.52. The van der Waals surface area contributed by atoms with E-state index in [-0.39, 0.29) is 12.6 Å². The van der Waals surface area contributed by atoms with Gasteiger partial charge in [0, 0.05) is 5.02 Å². The Morgan fingerprint density at radius 1 is 1.20 bits per heavy atom. The predicted molar refractivity (Wildman–Crippen MR) is 80.8 cm³/mol. The van der Waals surface area contributed by atoms with Gasteiger partial charge in [0.15, 0.2) is 0 Å². The van der Waals surface area contributed by atoms with Gasteiger partial charge in [0.05, 0.1) is 23.9 Å². The van der Waals surface area contributed by atoms with Crippen molar-refractivity contribution < 1.29 is 5.11 Å². The molecule has 0 bridgehead atoms. The van der Waals surface area contributed by atoms with Crippen molar-refractivity contribution >= 4 is 17.3 Å². The van der Waals surface area contributed by atoms with E-state index in [1.54, 1.807) is 18.2 Å². The Morgan fingerprint density at radius 2 is 1.95 bits per heavy atom. The van der Waals surface area contributed by atoms with E-state index in [0.717, 1.165) is 5.56 Å². The number of benzene rings is 2. The summed E-state index contributed by atoms with van der Waals surface area (Å²) < 4.78 is 0. The molecule has 0 spiro atoms. The van der Waals surface area contributed by atoms with Gasteiger partial charge in [0.2, 0.25) is 0 Å². The van der Waals surface area contributed by atoms with Crippen LogP contribution in [0.1, 0.15) is 11.1 Å². The lowest BCUT2D eigenvalue weighted by molar-refractivity contribution is 0.273. The van der Waals surface area contributed by atoms with E-state index in [1.165, 1.54) is 0 Å². The van der Waals surface area contributed by atoms with Crippen LogP contribution in [-0.4, -0.2) is 17.8 Å². The smallest absolute Gasteiger partial charge is 0.101 e. The number of nitrogens with zero attached hydrogens (tertiary/aromatic N) is 1. The molecule has 0 fully saturated rings. The van der Waals surface area contributed by atoms with E-state index in [4.69, 9.17) is 16.9 Å². The molecule has 102 valence electrons. The van der Waals surface area contributed by atoms with Crippen molar-refractivity contribution in [1.29, 1.82) is 5.26 Å². The number of aliphatic hydroxyl groups excluding tert-OH is 1. The van der Waals surface area contributed by atoms with Crippen molar-refractivity contribution in [1.82, 2.24) is 0 Å². The zero-order chi connectivity index (χ0) is 14.4. The maximum absolute atomic E-state index is 9.50. The fraction of sp³-hybridized carbons (Fsp3) is 0.188. The lowest BCUT2D eigenvalue weighted by Gasteiger charge is -2.18. The van der Waals surface area contributed by atoms with Gasteiger partial charge in [-0.05, 0) is 30.2 Å². The molecule has 0 saturated heterocycles. The SMILES string of the molecule is N#Cc1cc(Cl)ccc1NC(CO)Cc1ccccc1. The first-order valence-electron chi connectivity index (χ1n) is 6.34. The van der Waals surface area contributed by atoms with E-state index in [1.807, 2.05) is 30.3 Å². The minimum absolute atomic E-state index is 0.0115. The van der Waals surface area contributed by atoms with Gasteiger partial charge in [0.25, 0.3) is 0 Å². The minimum atomic E-state index is -0.148. The standard InChI is InChI=1S/C16H15ClN2O/c17-14-6-7-16(13(9-14)10-18)19-15(11-20)8-12-4-2-1-3-5-12/h1-7,9,15,19-20H,8,11H2. The van der Waals surface area contributed by atoms with Gasteiger partial charge in [-0.25, -0.2) is 0 Å². The van der Waals surface area contributed by atoms with Crippen LogP contribution >= 0.6 is 11.6 Å². The highest BCUT2D eigenvalue weighted by Gasteiger charge is 2.11. The molecule has 0 aliphatic carbocycles. The zero-order valence-corrected chi connectivity index (χ0v) is 11.6. The van der Waals surface area contributed by atoms with E-state index >= 15 is 0 Å². The van der Waals surface area contributed by atoms with Crippen LogP contribution in [0.25, 0.3) is 0 Å². The lowest BCUT2D eigenvalue weighted by Crippen LogP contribution is -2.26. The van der Waals surface area contributed by atoms with Gasteiger partial charge in [-0.1, -0.05) is 41.9 Å². The molecule has 0 radical (unpaired) electrons. The van der Waals surface area contributed by atoms with Crippen molar-refractivity contribution in [2.75, 3.05) is 11.9 Å². The van der Waals surface area contributed by atoms with Crippen molar-refractivity contribution in [3.8, 4) is 6.07 Å². The zero-order valence-electron chi connectivity index (χ0n) is 10.9. The first-order valence-corrected chi connectivity index (χ1v) is 6.71. The summed E-state index contributed by atoms with van der Waals surface area (Å²) in [5, 5.41) is 22.3. The van der Waals surface area contributed by atoms with Crippen LogP contribution in [0.15, 0.2) is 48.5 Å². The Morgan fingerprint density at radius 3 is 2.60 bits per heavy atom. The normalized spacial score (nSPS) is 11.7. The number of nitrogens with one attached hydrogen (secondary N) is 1. The fourth-order valence-electron chi connectivity index (χ4n) is 2.01. The van der Waals surface area contributed by atoms with Crippen molar-refractivity contribution in [3.05, 3.63) is 64.7 Å². The number of nitriles is 1. The number of halogens is 1. The molecule has 0 aliphatic heterocycles. The molecule has 2 rings (SSSR count). The summed E-state index contributed by atoms with van der Waals surface area (Å²) in [7, 11) is 0. The maximum atomic E-state index is 9.50. The van der Waals surface area contributed by atoms with Crippen LogP contribution in [0, 0.1) is 11.3 Å². The third-order valence-corrected chi connectivity index (χ3v) is 3.24.